The fraction of sp³-hybridized carbons (Fsp3) is 0.235. The molecule has 2 rings (SSSR count). The summed E-state index contributed by atoms with van der Waals surface area (Å²) in [4.78, 5) is 11.9. The SMILES string of the molecule is CC(C)c1ccc(NC(=O)COc2ccccc2Br)cc1. The molecule has 0 heterocycles. The summed E-state index contributed by atoms with van der Waals surface area (Å²) in [5.74, 6) is 0.958. The number of hydrogen-bond donors (Lipinski definition) is 1. The van der Waals surface area contributed by atoms with Gasteiger partial charge in [0.15, 0.2) is 6.61 Å². The fourth-order valence-corrected chi connectivity index (χ4v) is 2.25. The second-order valence-corrected chi connectivity index (χ2v) is 5.90. The van der Waals surface area contributed by atoms with Crippen molar-refractivity contribution in [3.8, 4) is 5.75 Å². The summed E-state index contributed by atoms with van der Waals surface area (Å²) in [5.41, 5.74) is 2.03. The van der Waals surface area contributed by atoms with Crippen LogP contribution in [0, 0.1) is 0 Å². The summed E-state index contributed by atoms with van der Waals surface area (Å²) in [5, 5.41) is 2.82. The maximum atomic E-state index is 11.9. The monoisotopic (exact) mass is 347 g/mol. The highest BCUT2D eigenvalue weighted by atomic mass is 79.9. The van der Waals surface area contributed by atoms with E-state index in [1.165, 1.54) is 5.56 Å². The van der Waals surface area contributed by atoms with E-state index < -0.39 is 0 Å². The van der Waals surface area contributed by atoms with Gasteiger partial charge in [0.1, 0.15) is 5.75 Å². The number of nitrogens with one attached hydrogen (secondary N) is 1. The summed E-state index contributed by atoms with van der Waals surface area (Å²) in [7, 11) is 0. The number of anilines is 1. The minimum Gasteiger partial charge on any atom is -0.483 e. The molecule has 0 saturated carbocycles. The molecule has 0 unspecified atom stereocenters. The Morgan fingerprint density at radius 2 is 1.81 bits per heavy atom. The first-order valence-electron chi connectivity index (χ1n) is 6.83. The van der Waals surface area contributed by atoms with E-state index in [9.17, 15) is 4.79 Å². The van der Waals surface area contributed by atoms with Gasteiger partial charge in [-0.25, -0.2) is 0 Å². The minimum absolute atomic E-state index is 0.0193. The zero-order valence-corrected chi connectivity index (χ0v) is 13.7. The van der Waals surface area contributed by atoms with Crippen LogP contribution in [0.15, 0.2) is 53.0 Å². The average molecular weight is 348 g/mol. The van der Waals surface area contributed by atoms with Crippen molar-refractivity contribution in [2.75, 3.05) is 11.9 Å². The van der Waals surface area contributed by atoms with Crippen LogP contribution < -0.4 is 10.1 Å². The van der Waals surface area contributed by atoms with Gasteiger partial charge in [-0.15, -0.1) is 0 Å². The lowest BCUT2D eigenvalue weighted by molar-refractivity contribution is -0.118. The molecule has 0 radical (unpaired) electrons. The number of carbonyl (C=O) groups is 1. The van der Waals surface area contributed by atoms with Gasteiger partial charge in [-0.2, -0.15) is 0 Å². The molecule has 1 amide bonds. The van der Waals surface area contributed by atoms with Gasteiger partial charge in [0.25, 0.3) is 5.91 Å². The highest BCUT2D eigenvalue weighted by molar-refractivity contribution is 9.10. The van der Waals surface area contributed by atoms with Gasteiger partial charge in [-0.3, -0.25) is 4.79 Å². The molecule has 110 valence electrons. The molecule has 0 aliphatic carbocycles. The minimum atomic E-state index is -0.178. The maximum absolute atomic E-state index is 11.9. The van der Waals surface area contributed by atoms with Crippen molar-refractivity contribution in [3.63, 3.8) is 0 Å². The third-order valence-electron chi connectivity index (χ3n) is 3.06. The predicted molar refractivity (Wildman–Crippen MR) is 88.8 cm³/mol. The first kappa shape index (κ1) is 15.6. The van der Waals surface area contributed by atoms with Crippen molar-refractivity contribution in [1.82, 2.24) is 0 Å². The van der Waals surface area contributed by atoms with Gasteiger partial charge in [-0.1, -0.05) is 38.1 Å². The largest absolute Gasteiger partial charge is 0.483 e. The molecule has 0 bridgehead atoms. The molecule has 0 spiro atoms. The number of benzene rings is 2. The van der Waals surface area contributed by atoms with Crippen LogP contribution in [0.1, 0.15) is 25.3 Å². The second kappa shape index (κ2) is 7.27. The molecule has 0 aliphatic rings. The molecule has 3 nitrogen and oxygen atoms in total. The van der Waals surface area contributed by atoms with Crippen molar-refractivity contribution < 1.29 is 9.53 Å². The number of para-hydroxylation sites is 1. The lowest BCUT2D eigenvalue weighted by Gasteiger charge is -2.10. The molecule has 1 N–H and O–H groups in total. The maximum Gasteiger partial charge on any atom is 0.262 e. The van der Waals surface area contributed by atoms with Crippen LogP contribution in [0.4, 0.5) is 5.69 Å². The number of halogens is 1. The van der Waals surface area contributed by atoms with Gasteiger partial charge < -0.3 is 10.1 Å². The normalized spacial score (nSPS) is 10.5. The van der Waals surface area contributed by atoms with E-state index in [1.54, 1.807) is 0 Å². The molecule has 0 aliphatic heterocycles. The predicted octanol–water partition coefficient (Wildman–Crippen LogP) is 4.59. The van der Waals surface area contributed by atoms with Crippen LogP contribution in [-0.2, 0) is 4.79 Å². The van der Waals surface area contributed by atoms with E-state index in [0.717, 1.165) is 10.2 Å². The Morgan fingerprint density at radius 1 is 1.14 bits per heavy atom. The Bertz CT molecular complexity index is 608. The molecule has 0 atom stereocenters. The summed E-state index contributed by atoms with van der Waals surface area (Å²) in [6.07, 6.45) is 0. The Morgan fingerprint density at radius 3 is 2.43 bits per heavy atom. The van der Waals surface area contributed by atoms with Crippen molar-refractivity contribution >= 4 is 27.5 Å². The third kappa shape index (κ3) is 4.60. The van der Waals surface area contributed by atoms with Crippen LogP contribution >= 0.6 is 15.9 Å². The number of rotatable bonds is 5. The van der Waals surface area contributed by atoms with E-state index >= 15 is 0 Å². The third-order valence-corrected chi connectivity index (χ3v) is 3.71. The van der Waals surface area contributed by atoms with Gasteiger partial charge in [0.2, 0.25) is 0 Å². The summed E-state index contributed by atoms with van der Waals surface area (Å²) in [6.45, 7) is 4.26. The van der Waals surface area contributed by atoms with Crippen LogP contribution in [0.25, 0.3) is 0 Å². The van der Waals surface area contributed by atoms with Crippen molar-refractivity contribution in [2.24, 2.45) is 0 Å². The van der Waals surface area contributed by atoms with E-state index in [1.807, 2.05) is 48.5 Å². The van der Waals surface area contributed by atoms with Crippen LogP contribution in [-0.4, -0.2) is 12.5 Å². The Kier molecular flexibility index (Phi) is 5.39. The highest BCUT2D eigenvalue weighted by Crippen LogP contribution is 2.23. The number of ether oxygens (including phenoxy) is 1. The quantitative estimate of drug-likeness (QED) is 0.858. The van der Waals surface area contributed by atoms with Crippen molar-refractivity contribution in [2.45, 2.75) is 19.8 Å². The Hall–Kier alpha value is -1.81. The lowest BCUT2D eigenvalue weighted by Crippen LogP contribution is -2.20. The van der Waals surface area contributed by atoms with Crippen LogP contribution in [0.5, 0.6) is 5.75 Å². The number of amides is 1. The zero-order chi connectivity index (χ0) is 15.2. The first-order chi connectivity index (χ1) is 10.1. The average Bonchev–Trinajstić information content (AvgIpc) is 2.47. The van der Waals surface area contributed by atoms with Crippen LogP contribution in [0.3, 0.4) is 0 Å². The van der Waals surface area contributed by atoms with Crippen molar-refractivity contribution in [3.05, 3.63) is 58.6 Å². The molecular formula is C17H18BrNO2. The second-order valence-electron chi connectivity index (χ2n) is 5.04. The highest BCUT2D eigenvalue weighted by Gasteiger charge is 2.06. The fourth-order valence-electron chi connectivity index (χ4n) is 1.85. The first-order valence-corrected chi connectivity index (χ1v) is 7.62. The summed E-state index contributed by atoms with van der Waals surface area (Å²) >= 11 is 3.38. The molecule has 21 heavy (non-hydrogen) atoms. The molecule has 0 aromatic heterocycles. The number of carbonyl (C=O) groups excluding carboxylic acids is 1. The van der Waals surface area contributed by atoms with E-state index in [0.29, 0.717) is 11.7 Å². The van der Waals surface area contributed by atoms with Gasteiger partial charge >= 0.3 is 0 Å². The Balaban J connectivity index is 1.88. The van der Waals surface area contributed by atoms with Crippen LogP contribution in [0.2, 0.25) is 0 Å². The molecular weight excluding hydrogens is 330 g/mol. The van der Waals surface area contributed by atoms with E-state index in [4.69, 9.17) is 4.74 Å². The van der Waals surface area contributed by atoms with E-state index in [-0.39, 0.29) is 12.5 Å². The zero-order valence-electron chi connectivity index (χ0n) is 12.1. The van der Waals surface area contributed by atoms with Gasteiger partial charge in [0.05, 0.1) is 4.47 Å². The smallest absolute Gasteiger partial charge is 0.262 e. The lowest BCUT2D eigenvalue weighted by atomic mass is 10.0. The van der Waals surface area contributed by atoms with Gasteiger partial charge in [0, 0.05) is 5.69 Å². The number of hydrogen-bond acceptors (Lipinski definition) is 2. The molecule has 2 aromatic rings. The Labute approximate surface area is 133 Å². The topological polar surface area (TPSA) is 38.3 Å². The van der Waals surface area contributed by atoms with Gasteiger partial charge in [-0.05, 0) is 51.7 Å². The molecule has 4 heteroatoms. The summed E-state index contributed by atoms with van der Waals surface area (Å²) in [6, 6.07) is 15.3. The molecule has 0 saturated heterocycles. The molecule has 2 aromatic carbocycles. The van der Waals surface area contributed by atoms with Crippen molar-refractivity contribution in [1.29, 1.82) is 0 Å². The molecule has 0 fully saturated rings. The standard InChI is InChI=1S/C17H18BrNO2/c1-12(2)13-7-9-14(10-8-13)19-17(20)11-21-16-6-4-3-5-15(16)18/h3-10,12H,11H2,1-2H3,(H,19,20). The summed E-state index contributed by atoms with van der Waals surface area (Å²) < 4.78 is 6.31. The van der Waals surface area contributed by atoms with E-state index in [2.05, 4.69) is 35.1 Å².